The van der Waals surface area contributed by atoms with Crippen molar-refractivity contribution in [2.75, 3.05) is 24.7 Å². The fourth-order valence-electron chi connectivity index (χ4n) is 1.63. The summed E-state index contributed by atoms with van der Waals surface area (Å²) in [5, 5.41) is 13.0. The van der Waals surface area contributed by atoms with Crippen molar-refractivity contribution >= 4 is 17.3 Å². The molecule has 0 aliphatic rings. The predicted octanol–water partition coefficient (Wildman–Crippen LogP) is 1.61. The summed E-state index contributed by atoms with van der Waals surface area (Å²) in [4.78, 5) is 14.3. The van der Waals surface area contributed by atoms with Crippen LogP contribution in [0.15, 0.2) is 18.2 Å². The molecule has 4 N–H and O–H groups in total. The van der Waals surface area contributed by atoms with Crippen LogP contribution >= 0.6 is 0 Å². The van der Waals surface area contributed by atoms with Crippen LogP contribution in [0.3, 0.4) is 0 Å². The number of nitrogens with two attached hydrogens (primary N) is 1. The summed E-state index contributed by atoms with van der Waals surface area (Å²) < 4.78 is 0. The number of hydrogen-bond acceptors (Lipinski definition) is 4. The van der Waals surface area contributed by atoms with E-state index in [1.54, 1.807) is 45.9 Å². The third kappa shape index (κ3) is 3.42. The van der Waals surface area contributed by atoms with Gasteiger partial charge >= 0.3 is 0 Å². The van der Waals surface area contributed by atoms with Crippen LogP contribution in [0.25, 0.3) is 0 Å². The molecule has 0 aromatic heterocycles. The Labute approximate surface area is 120 Å². The maximum absolute atomic E-state index is 12.5. The number of hydrogen-bond donors (Lipinski definition) is 3. The van der Waals surface area contributed by atoms with Crippen LogP contribution in [0.5, 0.6) is 0 Å². The fraction of sp³-hybridized carbons (Fsp3) is 0.533. The minimum Gasteiger partial charge on any atom is -0.399 e. The van der Waals surface area contributed by atoms with Crippen molar-refractivity contribution in [3.05, 3.63) is 23.8 Å². The first kappa shape index (κ1) is 16.3. The molecule has 1 rings (SSSR count). The average Bonchev–Trinajstić information content (AvgIpc) is 2.26. The third-order valence-corrected chi connectivity index (χ3v) is 3.70. The Kier molecular flexibility index (Phi) is 4.34. The van der Waals surface area contributed by atoms with Gasteiger partial charge in [0.15, 0.2) is 0 Å². The molecule has 0 saturated heterocycles. The molecule has 1 aromatic carbocycles. The molecule has 0 spiro atoms. The van der Waals surface area contributed by atoms with Gasteiger partial charge in [-0.25, -0.2) is 0 Å². The summed E-state index contributed by atoms with van der Waals surface area (Å²) in [6.07, 6.45) is 0. The number of amides is 1. The molecular formula is C15H25N3O2. The quantitative estimate of drug-likeness (QED) is 0.732. The van der Waals surface area contributed by atoms with Gasteiger partial charge < -0.3 is 21.1 Å². The number of nitrogen functional groups attached to an aromatic ring is 1. The Morgan fingerprint density at radius 1 is 1.25 bits per heavy atom. The summed E-state index contributed by atoms with van der Waals surface area (Å²) in [5.74, 6) is -0.256. The predicted molar refractivity (Wildman–Crippen MR) is 83.0 cm³/mol. The van der Waals surface area contributed by atoms with E-state index in [0.717, 1.165) is 5.69 Å². The Morgan fingerprint density at radius 2 is 1.80 bits per heavy atom. The zero-order chi connectivity index (χ0) is 15.7. The van der Waals surface area contributed by atoms with Crippen LogP contribution in [0.1, 0.15) is 38.1 Å². The van der Waals surface area contributed by atoms with Gasteiger partial charge in [0.25, 0.3) is 5.91 Å². The monoisotopic (exact) mass is 279 g/mol. The molecule has 0 unspecified atom stereocenters. The zero-order valence-electron chi connectivity index (χ0n) is 13.1. The fourth-order valence-corrected chi connectivity index (χ4v) is 1.63. The normalized spacial score (nSPS) is 12.2. The second-order valence-electron chi connectivity index (χ2n) is 6.31. The summed E-state index contributed by atoms with van der Waals surface area (Å²) in [5.41, 5.74) is 5.76. The van der Waals surface area contributed by atoms with Crippen LogP contribution in [0.2, 0.25) is 0 Å². The van der Waals surface area contributed by atoms with E-state index in [9.17, 15) is 9.90 Å². The van der Waals surface area contributed by atoms with Crippen LogP contribution in [0.4, 0.5) is 11.4 Å². The highest BCUT2D eigenvalue weighted by molar-refractivity contribution is 6.01. The second-order valence-corrected chi connectivity index (χ2v) is 6.31. The van der Waals surface area contributed by atoms with Crippen molar-refractivity contribution in [3.63, 3.8) is 0 Å². The molecule has 5 heteroatoms. The second kappa shape index (κ2) is 5.32. The first-order chi connectivity index (χ1) is 8.95. The van der Waals surface area contributed by atoms with Crippen molar-refractivity contribution < 1.29 is 9.90 Å². The number of nitrogens with one attached hydrogen (secondary N) is 1. The van der Waals surface area contributed by atoms with Gasteiger partial charge in [-0.05, 0) is 45.9 Å². The van der Waals surface area contributed by atoms with Crippen LogP contribution < -0.4 is 16.0 Å². The number of aliphatic hydroxyl groups is 1. The number of nitrogens with zero attached hydrogens (tertiary/aromatic N) is 1. The van der Waals surface area contributed by atoms with Crippen molar-refractivity contribution in [3.8, 4) is 0 Å². The molecule has 1 aromatic rings. The van der Waals surface area contributed by atoms with Gasteiger partial charge in [-0.2, -0.15) is 0 Å². The number of carbonyl (C=O) groups excluding carboxylic acids is 1. The van der Waals surface area contributed by atoms with Gasteiger partial charge in [0.1, 0.15) is 0 Å². The minimum atomic E-state index is -1.04. The molecule has 112 valence electrons. The van der Waals surface area contributed by atoms with Gasteiger partial charge in [-0.1, -0.05) is 0 Å². The highest BCUT2D eigenvalue weighted by Gasteiger charge is 2.36. The smallest absolute Gasteiger partial charge is 0.253 e. The van der Waals surface area contributed by atoms with Crippen molar-refractivity contribution in [2.45, 2.75) is 38.8 Å². The molecule has 0 fully saturated rings. The van der Waals surface area contributed by atoms with Gasteiger partial charge in [-0.3, -0.25) is 4.79 Å². The molecule has 0 bridgehead atoms. The standard InChI is InChI=1S/C15H25N3O2/c1-14(2,15(3,4)20)17-13(19)11-9-10(16)7-8-12(11)18(5)6/h7-9,20H,16H2,1-6H3,(H,17,19). The van der Waals surface area contributed by atoms with Crippen LogP contribution in [-0.2, 0) is 0 Å². The largest absolute Gasteiger partial charge is 0.399 e. The Balaban J connectivity index is 3.13. The van der Waals surface area contributed by atoms with E-state index in [0.29, 0.717) is 11.3 Å². The molecule has 5 nitrogen and oxygen atoms in total. The molecule has 20 heavy (non-hydrogen) atoms. The number of carbonyl (C=O) groups is 1. The van der Waals surface area contributed by atoms with Gasteiger partial charge in [0.05, 0.1) is 16.7 Å². The van der Waals surface area contributed by atoms with Crippen molar-refractivity contribution in [1.82, 2.24) is 5.32 Å². The SMILES string of the molecule is CN(C)c1ccc(N)cc1C(=O)NC(C)(C)C(C)(C)O. The number of benzene rings is 1. The van der Waals surface area contributed by atoms with Gasteiger partial charge in [0, 0.05) is 25.5 Å². The summed E-state index contributed by atoms with van der Waals surface area (Å²) >= 11 is 0. The number of anilines is 2. The molecule has 0 aliphatic heterocycles. The van der Waals surface area contributed by atoms with E-state index in [2.05, 4.69) is 5.32 Å². The molecular weight excluding hydrogens is 254 g/mol. The summed E-state index contributed by atoms with van der Waals surface area (Å²) in [6, 6.07) is 5.21. The van der Waals surface area contributed by atoms with E-state index in [1.807, 2.05) is 19.0 Å². The maximum atomic E-state index is 12.5. The zero-order valence-corrected chi connectivity index (χ0v) is 13.1. The first-order valence-corrected chi connectivity index (χ1v) is 6.57. The Morgan fingerprint density at radius 3 is 2.25 bits per heavy atom. The topological polar surface area (TPSA) is 78.6 Å². The first-order valence-electron chi connectivity index (χ1n) is 6.57. The van der Waals surface area contributed by atoms with E-state index in [4.69, 9.17) is 5.73 Å². The van der Waals surface area contributed by atoms with E-state index in [1.165, 1.54) is 0 Å². The average molecular weight is 279 g/mol. The Bertz CT molecular complexity index is 502. The van der Waals surface area contributed by atoms with Gasteiger partial charge in [0.2, 0.25) is 0 Å². The van der Waals surface area contributed by atoms with E-state index >= 15 is 0 Å². The minimum absolute atomic E-state index is 0.256. The molecule has 0 atom stereocenters. The molecule has 0 heterocycles. The molecule has 0 radical (unpaired) electrons. The summed E-state index contributed by atoms with van der Waals surface area (Å²) in [7, 11) is 3.73. The van der Waals surface area contributed by atoms with E-state index < -0.39 is 11.1 Å². The highest BCUT2D eigenvalue weighted by Crippen LogP contribution is 2.25. The van der Waals surface area contributed by atoms with Crippen molar-refractivity contribution in [1.29, 1.82) is 0 Å². The lowest BCUT2D eigenvalue weighted by atomic mass is 9.85. The number of rotatable bonds is 4. The van der Waals surface area contributed by atoms with Crippen LogP contribution in [-0.4, -0.2) is 36.2 Å². The summed E-state index contributed by atoms with van der Waals surface area (Å²) in [6.45, 7) is 6.90. The molecule has 1 amide bonds. The van der Waals surface area contributed by atoms with Gasteiger partial charge in [-0.15, -0.1) is 0 Å². The highest BCUT2D eigenvalue weighted by atomic mass is 16.3. The van der Waals surface area contributed by atoms with E-state index in [-0.39, 0.29) is 5.91 Å². The lowest BCUT2D eigenvalue weighted by Crippen LogP contribution is -2.57. The third-order valence-electron chi connectivity index (χ3n) is 3.70. The lowest BCUT2D eigenvalue weighted by Gasteiger charge is -2.38. The maximum Gasteiger partial charge on any atom is 0.253 e. The van der Waals surface area contributed by atoms with Crippen molar-refractivity contribution in [2.24, 2.45) is 0 Å². The Hall–Kier alpha value is -1.75. The molecule has 0 saturated carbocycles. The lowest BCUT2D eigenvalue weighted by molar-refractivity contribution is -0.00291. The molecule has 0 aliphatic carbocycles. The van der Waals surface area contributed by atoms with Crippen LogP contribution in [0, 0.1) is 0 Å².